The van der Waals surface area contributed by atoms with E-state index < -0.39 is 12.0 Å². The van der Waals surface area contributed by atoms with Gasteiger partial charge in [-0.25, -0.2) is 4.79 Å². The molecule has 1 rings (SSSR count). The van der Waals surface area contributed by atoms with E-state index in [4.69, 9.17) is 4.74 Å². The Morgan fingerprint density at radius 3 is 2.62 bits per heavy atom. The lowest BCUT2D eigenvalue weighted by Gasteiger charge is -2.21. The Morgan fingerprint density at radius 2 is 2.19 bits per heavy atom. The normalized spacial score (nSPS) is 21.9. The van der Waals surface area contributed by atoms with Crippen molar-refractivity contribution in [2.24, 2.45) is 5.92 Å². The van der Waals surface area contributed by atoms with Gasteiger partial charge in [0.2, 0.25) is 5.91 Å². The van der Waals surface area contributed by atoms with Gasteiger partial charge in [-0.3, -0.25) is 10.1 Å². The summed E-state index contributed by atoms with van der Waals surface area (Å²) in [4.78, 5) is 23.1. The van der Waals surface area contributed by atoms with Crippen molar-refractivity contribution in [1.82, 2.24) is 10.6 Å². The molecule has 6 heteroatoms. The fourth-order valence-electron chi connectivity index (χ4n) is 1.44. The summed E-state index contributed by atoms with van der Waals surface area (Å²) in [6.07, 6.45) is 0. The average Bonchev–Trinajstić information content (AvgIpc) is 2.77. The van der Waals surface area contributed by atoms with Gasteiger partial charge in [0.15, 0.2) is 0 Å². The number of amides is 1. The number of methoxy groups -OCH3 is 1. The second-order valence-corrected chi connectivity index (χ2v) is 4.03. The molecular formula is C10H18N2O4. The molecule has 0 bridgehead atoms. The summed E-state index contributed by atoms with van der Waals surface area (Å²) in [6, 6.07) is -0.995. The molecule has 1 fully saturated rings. The van der Waals surface area contributed by atoms with Crippen LogP contribution in [-0.4, -0.2) is 44.4 Å². The second kappa shape index (κ2) is 5.81. The minimum absolute atomic E-state index is 0.0151. The zero-order valence-electron chi connectivity index (χ0n) is 9.78. The minimum atomic E-state index is -0.611. The molecule has 0 unspecified atom stereocenters. The number of hydrogen-bond acceptors (Lipinski definition) is 5. The van der Waals surface area contributed by atoms with Gasteiger partial charge in [-0.2, -0.15) is 0 Å². The van der Waals surface area contributed by atoms with Crippen molar-refractivity contribution in [3.8, 4) is 0 Å². The largest absolute Gasteiger partial charge is 0.467 e. The predicted octanol–water partition coefficient (Wildman–Crippen LogP) is -0.754. The molecule has 0 aromatic carbocycles. The Balaban J connectivity index is 2.53. The third-order valence-corrected chi connectivity index (χ3v) is 2.45. The van der Waals surface area contributed by atoms with E-state index in [9.17, 15) is 9.59 Å². The Labute approximate surface area is 94.7 Å². The van der Waals surface area contributed by atoms with Gasteiger partial charge in [-0.1, -0.05) is 13.8 Å². The predicted molar refractivity (Wildman–Crippen MR) is 56.5 cm³/mol. The number of ether oxygens (including phenoxy) is 2. The highest BCUT2D eigenvalue weighted by atomic mass is 16.5. The lowest BCUT2D eigenvalue weighted by molar-refractivity contribution is -0.146. The summed E-state index contributed by atoms with van der Waals surface area (Å²) >= 11 is 0. The van der Waals surface area contributed by atoms with Gasteiger partial charge >= 0.3 is 5.97 Å². The molecule has 0 radical (unpaired) electrons. The van der Waals surface area contributed by atoms with Crippen molar-refractivity contribution in [2.75, 3.05) is 20.4 Å². The van der Waals surface area contributed by atoms with Crippen molar-refractivity contribution in [3.63, 3.8) is 0 Å². The number of esters is 1. The second-order valence-electron chi connectivity index (χ2n) is 4.03. The van der Waals surface area contributed by atoms with Crippen LogP contribution >= 0.6 is 0 Å². The topological polar surface area (TPSA) is 76.7 Å². The number of carbonyl (C=O) groups excluding carboxylic acids is 2. The quantitative estimate of drug-likeness (QED) is 0.621. The molecule has 1 saturated heterocycles. The zero-order chi connectivity index (χ0) is 12.1. The molecule has 0 aromatic heterocycles. The Hall–Kier alpha value is -1.14. The van der Waals surface area contributed by atoms with E-state index in [0.29, 0.717) is 13.3 Å². The molecular weight excluding hydrogens is 212 g/mol. The van der Waals surface area contributed by atoms with E-state index in [2.05, 4.69) is 15.4 Å². The highest BCUT2D eigenvalue weighted by Gasteiger charge is 2.29. The first-order chi connectivity index (χ1) is 7.56. The van der Waals surface area contributed by atoms with Crippen molar-refractivity contribution in [2.45, 2.75) is 25.9 Å². The molecule has 16 heavy (non-hydrogen) atoms. The lowest BCUT2D eigenvalue weighted by atomic mass is 10.0. The summed E-state index contributed by atoms with van der Waals surface area (Å²) in [6.45, 7) is 4.39. The van der Waals surface area contributed by atoms with Gasteiger partial charge in [-0.05, 0) is 5.92 Å². The first-order valence-electron chi connectivity index (χ1n) is 5.25. The maximum atomic E-state index is 11.7. The van der Waals surface area contributed by atoms with Gasteiger partial charge in [0.05, 0.1) is 20.4 Å². The highest BCUT2D eigenvalue weighted by molar-refractivity contribution is 5.87. The molecule has 2 N–H and O–H groups in total. The SMILES string of the molecule is COC(=O)[C@@H](NC(=O)[C@@H]1COCN1)C(C)C. The van der Waals surface area contributed by atoms with E-state index >= 15 is 0 Å². The van der Waals surface area contributed by atoms with Crippen LogP contribution < -0.4 is 10.6 Å². The maximum absolute atomic E-state index is 11.7. The standard InChI is InChI=1S/C10H18N2O4/c1-6(2)8(10(14)15-3)12-9(13)7-4-16-5-11-7/h6-8,11H,4-5H2,1-3H3,(H,12,13)/t7-,8-/m0/s1. The van der Waals surface area contributed by atoms with Crippen molar-refractivity contribution < 1.29 is 19.1 Å². The summed E-state index contributed by atoms with van der Waals surface area (Å²) in [7, 11) is 1.31. The van der Waals surface area contributed by atoms with Gasteiger partial charge in [0.1, 0.15) is 12.1 Å². The van der Waals surface area contributed by atoms with E-state index in [-0.39, 0.29) is 17.9 Å². The van der Waals surface area contributed by atoms with Crippen LogP contribution in [-0.2, 0) is 19.1 Å². The fourth-order valence-corrected chi connectivity index (χ4v) is 1.44. The first kappa shape index (κ1) is 12.9. The van der Waals surface area contributed by atoms with E-state index in [1.165, 1.54) is 7.11 Å². The molecule has 0 aromatic rings. The van der Waals surface area contributed by atoms with Crippen LogP contribution in [0.15, 0.2) is 0 Å². The molecule has 0 saturated carbocycles. The van der Waals surface area contributed by atoms with Crippen molar-refractivity contribution in [3.05, 3.63) is 0 Å². The smallest absolute Gasteiger partial charge is 0.328 e. The van der Waals surface area contributed by atoms with Crippen LogP contribution in [0, 0.1) is 5.92 Å². The molecule has 1 amide bonds. The van der Waals surface area contributed by atoms with Crippen LogP contribution in [0.25, 0.3) is 0 Å². The third kappa shape index (κ3) is 3.18. The molecule has 1 aliphatic rings. The van der Waals surface area contributed by atoms with E-state index in [0.717, 1.165) is 0 Å². The van der Waals surface area contributed by atoms with Crippen molar-refractivity contribution in [1.29, 1.82) is 0 Å². The molecule has 1 heterocycles. The Bertz CT molecular complexity index is 262. The van der Waals surface area contributed by atoms with Crippen LogP contribution in [0.5, 0.6) is 0 Å². The summed E-state index contributed by atoms with van der Waals surface area (Å²) in [5, 5.41) is 5.52. The van der Waals surface area contributed by atoms with E-state index in [1.807, 2.05) is 13.8 Å². The van der Waals surface area contributed by atoms with Crippen LogP contribution in [0.3, 0.4) is 0 Å². The number of carbonyl (C=O) groups is 2. The first-order valence-corrected chi connectivity index (χ1v) is 5.25. The van der Waals surface area contributed by atoms with Crippen LogP contribution in [0.4, 0.5) is 0 Å². The van der Waals surface area contributed by atoms with Gasteiger partial charge in [0.25, 0.3) is 0 Å². The molecule has 2 atom stereocenters. The summed E-state index contributed by atoms with van der Waals surface area (Å²) in [5.74, 6) is -0.678. The summed E-state index contributed by atoms with van der Waals surface area (Å²) < 4.78 is 9.65. The van der Waals surface area contributed by atoms with Crippen LogP contribution in [0.2, 0.25) is 0 Å². The third-order valence-electron chi connectivity index (χ3n) is 2.45. The number of rotatable bonds is 4. The summed E-state index contributed by atoms with van der Waals surface area (Å²) in [5.41, 5.74) is 0. The molecule has 0 spiro atoms. The number of hydrogen-bond donors (Lipinski definition) is 2. The minimum Gasteiger partial charge on any atom is -0.467 e. The lowest BCUT2D eigenvalue weighted by Crippen LogP contribution is -2.51. The maximum Gasteiger partial charge on any atom is 0.328 e. The molecule has 6 nitrogen and oxygen atoms in total. The van der Waals surface area contributed by atoms with Gasteiger partial charge < -0.3 is 14.8 Å². The zero-order valence-corrected chi connectivity index (χ0v) is 9.78. The van der Waals surface area contributed by atoms with Crippen molar-refractivity contribution >= 4 is 11.9 Å². The monoisotopic (exact) mass is 230 g/mol. The fraction of sp³-hybridized carbons (Fsp3) is 0.800. The Kier molecular flexibility index (Phi) is 4.70. The number of nitrogens with one attached hydrogen (secondary N) is 2. The average molecular weight is 230 g/mol. The Morgan fingerprint density at radius 1 is 1.50 bits per heavy atom. The van der Waals surface area contributed by atoms with E-state index in [1.54, 1.807) is 0 Å². The van der Waals surface area contributed by atoms with Crippen LogP contribution in [0.1, 0.15) is 13.8 Å². The van der Waals surface area contributed by atoms with Gasteiger partial charge in [-0.15, -0.1) is 0 Å². The molecule has 92 valence electrons. The molecule has 0 aliphatic carbocycles. The highest BCUT2D eigenvalue weighted by Crippen LogP contribution is 2.05. The van der Waals surface area contributed by atoms with Gasteiger partial charge in [0, 0.05) is 0 Å². The molecule has 1 aliphatic heterocycles.